The van der Waals surface area contributed by atoms with Crippen LogP contribution in [0.3, 0.4) is 0 Å². The summed E-state index contributed by atoms with van der Waals surface area (Å²) in [5.74, 6) is 0.737. The first-order valence-corrected chi connectivity index (χ1v) is 6.63. The number of halogens is 2. The predicted octanol–water partition coefficient (Wildman–Crippen LogP) is 3.37. The molecule has 18 heavy (non-hydrogen) atoms. The van der Waals surface area contributed by atoms with E-state index < -0.39 is 12.1 Å². The van der Waals surface area contributed by atoms with Crippen molar-refractivity contribution in [3.05, 3.63) is 28.2 Å². The molecule has 0 aromatic heterocycles. The van der Waals surface area contributed by atoms with Gasteiger partial charge in [0.1, 0.15) is 5.75 Å². The number of hydrogen-bond donors (Lipinski definition) is 3. The van der Waals surface area contributed by atoms with Crippen molar-refractivity contribution in [2.75, 3.05) is 0 Å². The minimum Gasteiger partial charge on any atom is -0.507 e. The Morgan fingerprint density at radius 3 is 2.39 bits per heavy atom. The van der Waals surface area contributed by atoms with E-state index in [1.165, 1.54) is 0 Å². The van der Waals surface area contributed by atoms with Crippen molar-refractivity contribution in [3.8, 4) is 5.75 Å². The van der Waals surface area contributed by atoms with Gasteiger partial charge in [-0.1, -0.05) is 19.9 Å². The van der Waals surface area contributed by atoms with Gasteiger partial charge in [-0.2, -0.15) is 0 Å². The topological polar surface area (TPSA) is 66.5 Å². The normalized spacial score (nSPS) is 14.1. The van der Waals surface area contributed by atoms with Gasteiger partial charge in [0.2, 0.25) is 0 Å². The minimum atomic E-state index is -0.547. The first-order valence-electron chi connectivity index (χ1n) is 5.84. The van der Waals surface area contributed by atoms with Crippen molar-refractivity contribution in [2.24, 2.45) is 11.7 Å². The number of rotatable bonds is 5. The Balaban J connectivity index is 0.00000289. The number of nitrogens with two attached hydrogens (primary N) is 1. The third-order valence-electron chi connectivity index (χ3n) is 2.81. The van der Waals surface area contributed by atoms with Gasteiger partial charge in [0.05, 0.1) is 16.6 Å². The number of aromatic hydroxyl groups is 1. The lowest BCUT2D eigenvalue weighted by Crippen LogP contribution is -2.26. The quantitative estimate of drug-likeness (QED) is 0.771. The van der Waals surface area contributed by atoms with Crippen LogP contribution in [0.25, 0.3) is 0 Å². The number of phenolic OH excluding ortho intramolecular Hbond substituents is 1. The second-order valence-corrected chi connectivity index (χ2v) is 5.63. The summed E-state index contributed by atoms with van der Waals surface area (Å²) < 4.78 is 0.599. The number of aliphatic hydroxyl groups excluding tert-OH is 1. The summed E-state index contributed by atoms with van der Waals surface area (Å²) >= 11 is 3.24. The van der Waals surface area contributed by atoms with E-state index in [1.807, 2.05) is 0 Å². The zero-order chi connectivity index (χ0) is 13.0. The van der Waals surface area contributed by atoms with Crippen LogP contribution in [0.5, 0.6) is 5.75 Å². The van der Waals surface area contributed by atoms with Gasteiger partial charge in [-0.25, -0.2) is 0 Å². The number of hydrogen-bond acceptors (Lipinski definition) is 3. The van der Waals surface area contributed by atoms with Gasteiger partial charge in [0.15, 0.2) is 0 Å². The van der Waals surface area contributed by atoms with Crippen LogP contribution in [-0.4, -0.2) is 16.3 Å². The summed E-state index contributed by atoms with van der Waals surface area (Å²) in [5, 5.41) is 19.4. The molecule has 0 spiro atoms. The van der Waals surface area contributed by atoms with Crippen LogP contribution in [0, 0.1) is 5.92 Å². The third-order valence-corrected chi connectivity index (χ3v) is 3.45. The van der Waals surface area contributed by atoms with Crippen LogP contribution in [0.1, 0.15) is 38.3 Å². The molecule has 0 aliphatic rings. The molecule has 1 aromatic rings. The molecule has 0 radical (unpaired) electrons. The van der Waals surface area contributed by atoms with Crippen molar-refractivity contribution in [3.63, 3.8) is 0 Å². The monoisotopic (exact) mass is 337 g/mol. The van der Waals surface area contributed by atoms with E-state index in [-0.39, 0.29) is 18.2 Å². The summed E-state index contributed by atoms with van der Waals surface area (Å²) in [7, 11) is 0. The number of aliphatic hydroxyl groups is 1. The van der Waals surface area contributed by atoms with Crippen molar-refractivity contribution in [1.29, 1.82) is 0 Å². The van der Waals surface area contributed by atoms with Gasteiger partial charge in [-0.05, 0) is 52.4 Å². The molecular formula is C13H21BrClNO2. The molecule has 104 valence electrons. The fourth-order valence-electron chi connectivity index (χ4n) is 1.64. The second kappa shape index (κ2) is 8.00. The van der Waals surface area contributed by atoms with Crippen LogP contribution in [-0.2, 0) is 0 Å². The average Bonchev–Trinajstić information content (AvgIpc) is 2.28. The third kappa shape index (κ3) is 5.14. The van der Waals surface area contributed by atoms with Crippen LogP contribution in [0.4, 0.5) is 0 Å². The maximum Gasteiger partial charge on any atom is 0.129 e. The van der Waals surface area contributed by atoms with Gasteiger partial charge in [0.25, 0.3) is 0 Å². The summed E-state index contributed by atoms with van der Waals surface area (Å²) in [6.45, 7) is 4.24. The molecule has 0 fully saturated rings. The Morgan fingerprint density at radius 2 is 1.89 bits per heavy atom. The molecule has 5 heteroatoms. The van der Waals surface area contributed by atoms with Gasteiger partial charge in [-0.15, -0.1) is 12.4 Å². The molecule has 0 aliphatic carbocycles. The lowest BCUT2D eigenvalue weighted by atomic mass is 9.96. The molecule has 0 saturated carbocycles. The molecular weight excluding hydrogens is 318 g/mol. The Labute approximate surface area is 123 Å². The van der Waals surface area contributed by atoms with Crippen molar-refractivity contribution in [2.45, 2.75) is 38.8 Å². The molecule has 0 saturated heterocycles. The van der Waals surface area contributed by atoms with Crippen molar-refractivity contribution in [1.82, 2.24) is 0 Å². The Kier molecular flexibility index (Phi) is 7.87. The fourth-order valence-corrected chi connectivity index (χ4v) is 2.03. The maximum atomic E-state index is 9.98. The molecule has 0 amide bonds. The molecule has 0 unspecified atom stereocenters. The maximum absolute atomic E-state index is 9.98. The molecule has 4 N–H and O–H groups in total. The predicted molar refractivity (Wildman–Crippen MR) is 80.1 cm³/mol. The number of phenols is 1. The molecule has 1 rings (SSSR count). The standard InChI is InChI=1S/C13H20BrNO2.ClH/c1-8(2)3-5-12(17)13(15)9-4-6-11(16)10(14)7-9;/h4,6-8,12-13,16-17H,3,5,15H2,1-2H3;1H/t12-,13+;/m0./s1. The average molecular weight is 339 g/mol. The van der Waals surface area contributed by atoms with Crippen LogP contribution in [0.2, 0.25) is 0 Å². The van der Waals surface area contributed by atoms with E-state index in [4.69, 9.17) is 5.73 Å². The van der Waals surface area contributed by atoms with Gasteiger partial charge >= 0.3 is 0 Å². The van der Waals surface area contributed by atoms with E-state index in [0.29, 0.717) is 16.8 Å². The van der Waals surface area contributed by atoms with Crippen LogP contribution >= 0.6 is 28.3 Å². The largest absolute Gasteiger partial charge is 0.507 e. The lowest BCUT2D eigenvalue weighted by Gasteiger charge is -2.20. The summed E-state index contributed by atoms with van der Waals surface area (Å²) in [5.41, 5.74) is 6.82. The zero-order valence-corrected chi connectivity index (χ0v) is 13.0. The summed E-state index contributed by atoms with van der Waals surface area (Å²) in [4.78, 5) is 0. The van der Waals surface area contributed by atoms with E-state index in [1.54, 1.807) is 18.2 Å². The minimum absolute atomic E-state index is 0. The van der Waals surface area contributed by atoms with E-state index in [0.717, 1.165) is 12.0 Å². The SMILES string of the molecule is CC(C)CC[C@H](O)[C@H](N)c1ccc(O)c(Br)c1.Cl. The Hall–Kier alpha value is -0.290. The molecule has 1 aromatic carbocycles. The second-order valence-electron chi connectivity index (χ2n) is 4.78. The zero-order valence-electron chi connectivity index (χ0n) is 10.6. The highest BCUT2D eigenvalue weighted by atomic mass is 79.9. The summed E-state index contributed by atoms with van der Waals surface area (Å²) in [6, 6.07) is 4.65. The first kappa shape index (κ1) is 17.7. The summed E-state index contributed by atoms with van der Waals surface area (Å²) in [6.07, 6.45) is 1.10. The highest BCUT2D eigenvalue weighted by molar-refractivity contribution is 9.10. The van der Waals surface area contributed by atoms with E-state index >= 15 is 0 Å². The molecule has 0 heterocycles. The van der Waals surface area contributed by atoms with Gasteiger partial charge < -0.3 is 15.9 Å². The molecule has 2 atom stereocenters. The highest BCUT2D eigenvalue weighted by Crippen LogP contribution is 2.28. The Morgan fingerprint density at radius 1 is 1.28 bits per heavy atom. The van der Waals surface area contributed by atoms with Crippen molar-refractivity contribution >= 4 is 28.3 Å². The molecule has 0 bridgehead atoms. The van der Waals surface area contributed by atoms with Crippen molar-refractivity contribution < 1.29 is 10.2 Å². The molecule has 0 aliphatic heterocycles. The first-order chi connectivity index (χ1) is 7.91. The fraction of sp³-hybridized carbons (Fsp3) is 0.538. The highest BCUT2D eigenvalue weighted by Gasteiger charge is 2.17. The lowest BCUT2D eigenvalue weighted by molar-refractivity contribution is 0.128. The number of benzene rings is 1. The Bertz CT molecular complexity index is 374. The van der Waals surface area contributed by atoms with Gasteiger partial charge in [-0.3, -0.25) is 0 Å². The van der Waals surface area contributed by atoms with Crippen LogP contribution < -0.4 is 5.73 Å². The molecule has 3 nitrogen and oxygen atoms in total. The van der Waals surface area contributed by atoms with Gasteiger partial charge in [0, 0.05) is 0 Å². The smallest absolute Gasteiger partial charge is 0.129 e. The van der Waals surface area contributed by atoms with Crippen LogP contribution in [0.15, 0.2) is 22.7 Å². The van der Waals surface area contributed by atoms with E-state index in [2.05, 4.69) is 29.8 Å². The van der Waals surface area contributed by atoms with E-state index in [9.17, 15) is 10.2 Å².